The summed E-state index contributed by atoms with van der Waals surface area (Å²) in [5.41, 5.74) is 0.742. The van der Waals surface area contributed by atoms with E-state index < -0.39 is 20.7 Å². The van der Waals surface area contributed by atoms with E-state index in [2.05, 4.69) is 15.2 Å². The van der Waals surface area contributed by atoms with Gasteiger partial charge in [-0.25, -0.2) is 22.1 Å². The van der Waals surface area contributed by atoms with E-state index in [9.17, 15) is 13.5 Å². The summed E-state index contributed by atoms with van der Waals surface area (Å²) < 4.78 is 55.1. The van der Waals surface area contributed by atoms with Crippen LogP contribution in [0.4, 0.5) is 15.2 Å². The van der Waals surface area contributed by atoms with Crippen LogP contribution in [0.2, 0.25) is 5.02 Å². The Morgan fingerprint density at radius 2 is 2.10 bits per heavy atom. The van der Waals surface area contributed by atoms with Gasteiger partial charge in [0.1, 0.15) is 22.2 Å². The highest BCUT2D eigenvalue weighted by Gasteiger charge is 2.48. The van der Waals surface area contributed by atoms with Gasteiger partial charge in [0.15, 0.2) is 5.13 Å². The third-order valence-electron chi connectivity index (χ3n) is 7.88. The van der Waals surface area contributed by atoms with Crippen LogP contribution in [0, 0.1) is 5.82 Å². The Bertz CT molecular complexity index is 1460. The lowest BCUT2D eigenvalue weighted by molar-refractivity contribution is 0.113. The molecule has 2 aliphatic rings. The number of rotatable bonds is 11. The van der Waals surface area contributed by atoms with E-state index in [4.69, 9.17) is 21.1 Å². The molecule has 1 aromatic heterocycles. The average molecular weight is 611 g/mol. The number of nitrogens with zero attached hydrogens (tertiary/aromatic N) is 3. The molecule has 13 heteroatoms. The standard InChI is InChI=1S/C27H32ClFN4O5S2/c1-37-20-5-4-18(24(12-20)38-2)15-33(26-30-9-11-39-26)40(35,36)25-13-21(28)23(14-22(25)29)31-17-27-7-3-10-32(27)19(16-34)6-8-27/h4-5,9,11-14,19,31,34H,3,6-8,10,15-17H2,1-2H3/t19-,27+/m0/s1. The van der Waals surface area contributed by atoms with Crippen molar-refractivity contribution in [3.8, 4) is 11.5 Å². The number of aliphatic hydroxyl groups excluding tert-OH is 1. The topological polar surface area (TPSA) is 104 Å². The fraction of sp³-hybridized carbons (Fsp3) is 0.444. The zero-order valence-electron chi connectivity index (χ0n) is 22.3. The van der Waals surface area contributed by atoms with Gasteiger partial charge >= 0.3 is 0 Å². The van der Waals surface area contributed by atoms with Crippen LogP contribution in [0.15, 0.2) is 46.8 Å². The number of anilines is 2. The second-order valence-corrected chi connectivity index (χ2v) is 13.1. The van der Waals surface area contributed by atoms with Gasteiger partial charge in [-0.05, 0) is 56.5 Å². The number of fused-ring (bicyclic) bond motifs is 1. The Morgan fingerprint density at radius 3 is 2.80 bits per heavy atom. The first-order chi connectivity index (χ1) is 19.2. The van der Waals surface area contributed by atoms with Crippen LogP contribution >= 0.6 is 22.9 Å². The molecule has 0 radical (unpaired) electrons. The SMILES string of the molecule is COc1ccc(CN(c2nccs2)S(=O)(=O)c2cc(Cl)c(NC[C@]34CCCN3[C@H](CO)CC4)cc2F)c(OC)c1. The number of thiazole rings is 1. The van der Waals surface area contributed by atoms with Gasteiger partial charge in [-0.3, -0.25) is 4.90 Å². The highest BCUT2D eigenvalue weighted by Crippen LogP contribution is 2.43. The van der Waals surface area contributed by atoms with Crippen molar-refractivity contribution < 1.29 is 27.4 Å². The molecule has 9 nitrogen and oxygen atoms in total. The number of halogens is 2. The summed E-state index contributed by atoms with van der Waals surface area (Å²) in [6.45, 7) is 1.40. The predicted octanol–water partition coefficient (Wildman–Crippen LogP) is 4.75. The smallest absolute Gasteiger partial charge is 0.269 e. The van der Waals surface area contributed by atoms with Crippen molar-refractivity contribution >= 4 is 43.8 Å². The highest BCUT2D eigenvalue weighted by atomic mass is 35.5. The number of aromatic nitrogens is 1. The van der Waals surface area contributed by atoms with E-state index in [1.165, 1.54) is 20.4 Å². The normalized spacial score (nSPS) is 20.9. The Morgan fingerprint density at radius 1 is 1.27 bits per heavy atom. The van der Waals surface area contributed by atoms with Gasteiger partial charge in [-0.1, -0.05) is 11.6 Å². The summed E-state index contributed by atoms with van der Waals surface area (Å²) in [6, 6.07) is 7.46. The molecule has 3 heterocycles. The maximum Gasteiger partial charge on any atom is 0.269 e. The Labute approximate surface area is 242 Å². The summed E-state index contributed by atoms with van der Waals surface area (Å²) in [5, 5.41) is 14.9. The number of nitrogens with one attached hydrogen (secondary N) is 1. The molecular weight excluding hydrogens is 579 g/mol. The first-order valence-electron chi connectivity index (χ1n) is 13.0. The van der Waals surface area contributed by atoms with Gasteiger partial charge in [-0.2, -0.15) is 0 Å². The average Bonchev–Trinajstić information content (AvgIpc) is 3.69. The van der Waals surface area contributed by atoms with Crippen molar-refractivity contribution in [1.82, 2.24) is 9.88 Å². The molecular formula is C27H32ClFN4O5S2. The molecule has 40 heavy (non-hydrogen) atoms. The van der Waals surface area contributed by atoms with Gasteiger partial charge in [0, 0.05) is 41.3 Å². The number of benzene rings is 2. The van der Waals surface area contributed by atoms with Gasteiger partial charge in [0.05, 0.1) is 38.1 Å². The van der Waals surface area contributed by atoms with E-state index in [1.807, 2.05) is 0 Å². The summed E-state index contributed by atoms with van der Waals surface area (Å²) in [5.74, 6) is 0.0512. The van der Waals surface area contributed by atoms with Crippen molar-refractivity contribution in [2.45, 2.75) is 48.7 Å². The quantitative estimate of drug-likeness (QED) is 0.321. The summed E-state index contributed by atoms with van der Waals surface area (Å²) in [6.07, 6.45) is 5.32. The van der Waals surface area contributed by atoms with Crippen molar-refractivity contribution in [2.75, 3.05) is 43.5 Å². The molecule has 0 aliphatic carbocycles. The molecule has 3 aromatic rings. The minimum atomic E-state index is -4.42. The molecule has 0 amide bonds. The molecule has 2 saturated heterocycles. The number of sulfonamides is 1. The van der Waals surface area contributed by atoms with E-state index in [1.54, 1.807) is 23.6 Å². The molecule has 2 N–H and O–H groups in total. The molecule has 0 saturated carbocycles. The van der Waals surface area contributed by atoms with Gasteiger partial charge in [0.2, 0.25) is 0 Å². The Hall–Kier alpha value is -2.64. The first-order valence-corrected chi connectivity index (χ1v) is 15.7. The summed E-state index contributed by atoms with van der Waals surface area (Å²) in [7, 11) is -1.42. The highest BCUT2D eigenvalue weighted by molar-refractivity contribution is 7.93. The van der Waals surface area contributed by atoms with Crippen LogP contribution in [0.5, 0.6) is 11.5 Å². The first kappa shape index (κ1) is 28.9. The van der Waals surface area contributed by atoms with Crippen molar-refractivity contribution in [2.24, 2.45) is 0 Å². The van der Waals surface area contributed by atoms with Gasteiger partial charge < -0.3 is 19.9 Å². The van der Waals surface area contributed by atoms with Gasteiger partial charge in [-0.15, -0.1) is 11.3 Å². The number of ether oxygens (including phenoxy) is 2. The van der Waals surface area contributed by atoms with Crippen LogP contribution in [0.1, 0.15) is 31.2 Å². The number of methoxy groups -OCH3 is 2. The lowest BCUT2D eigenvalue weighted by Crippen LogP contribution is -2.48. The molecule has 2 atom stereocenters. The molecule has 2 aliphatic heterocycles. The van der Waals surface area contributed by atoms with Crippen molar-refractivity contribution in [3.05, 3.63) is 58.3 Å². The second-order valence-electron chi connectivity index (χ2n) is 10.0. The van der Waals surface area contributed by atoms with Crippen molar-refractivity contribution in [1.29, 1.82) is 0 Å². The fourth-order valence-corrected chi connectivity index (χ4v) is 8.47. The van der Waals surface area contributed by atoms with Crippen LogP contribution in [0.3, 0.4) is 0 Å². The summed E-state index contributed by atoms with van der Waals surface area (Å²) >= 11 is 7.67. The third kappa shape index (κ3) is 5.35. The fourth-order valence-electron chi connectivity index (χ4n) is 5.83. The Kier molecular flexibility index (Phi) is 8.44. The monoisotopic (exact) mass is 610 g/mol. The van der Waals surface area contributed by atoms with Crippen molar-refractivity contribution in [3.63, 3.8) is 0 Å². The number of aliphatic hydroxyl groups is 1. The largest absolute Gasteiger partial charge is 0.497 e. The second kappa shape index (κ2) is 11.7. The minimum absolute atomic E-state index is 0.0961. The predicted molar refractivity (Wildman–Crippen MR) is 154 cm³/mol. The zero-order valence-corrected chi connectivity index (χ0v) is 24.7. The zero-order chi connectivity index (χ0) is 28.5. The van der Waals surface area contributed by atoms with E-state index in [0.717, 1.165) is 60.0 Å². The molecule has 0 spiro atoms. The molecule has 2 fully saturated rings. The number of hydrogen-bond acceptors (Lipinski definition) is 9. The maximum absolute atomic E-state index is 15.6. The number of hydrogen-bond donors (Lipinski definition) is 2. The Balaban J connectivity index is 1.43. The van der Waals surface area contributed by atoms with Gasteiger partial charge in [0.25, 0.3) is 10.0 Å². The molecule has 0 unspecified atom stereocenters. The van der Waals surface area contributed by atoms with E-state index in [-0.39, 0.29) is 34.9 Å². The third-order valence-corrected chi connectivity index (χ3v) is 10.9. The van der Waals surface area contributed by atoms with Crippen LogP contribution in [-0.2, 0) is 16.6 Å². The summed E-state index contributed by atoms with van der Waals surface area (Å²) in [4.78, 5) is 5.98. The van der Waals surface area contributed by atoms with E-state index in [0.29, 0.717) is 29.3 Å². The van der Waals surface area contributed by atoms with Crippen LogP contribution in [0.25, 0.3) is 0 Å². The lowest BCUT2D eigenvalue weighted by Gasteiger charge is -2.35. The minimum Gasteiger partial charge on any atom is -0.497 e. The maximum atomic E-state index is 15.6. The lowest BCUT2D eigenvalue weighted by atomic mass is 9.94. The molecule has 2 aromatic carbocycles. The molecule has 5 rings (SSSR count). The van der Waals surface area contributed by atoms with Crippen LogP contribution < -0.4 is 19.1 Å². The van der Waals surface area contributed by atoms with Crippen LogP contribution in [-0.4, -0.2) is 68.9 Å². The van der Waals surface area contributed by atoms with E-state index >= 15 is 4.39 Å². The molecule has 0 bridgehead atoms. The molecule has 216 valence electrons.